The van der Waals surface area contributed by atoms with E-state index >= 15 is 0 Å². The summed E-state index contributed by atoms with van der Waals surface area (Å²) in [5, 5.41) is 11.8. The molecule has 0 aliphatic carbocycles. The van der Waals surface area contributed by atoms with Gasteiger partial charge in [0.1, 0.15) is 0 Å². The molecule has 2 unspecified atom stereocenters. The van der Waals surface area contributed by atoms with Crippen LogP contribution in [0.1, 0.15) is 39.9 Å². The average molecular weight is 499 g/mol. The molecular weight excluding hydrogens is 469 g/mol. The summed E-state index contributed by atoms with van der Waals surface area (Å²) in [4.78, 5) is 29.3. The number of carbonyl (C=O) groups is 2. The maximum Gasteiger partial charge on any atom is 0.417 e. The first-order chi connectivity index (χ1) is 17.1. The third kappa shape index (κ3) is 5.18. The molecule has 9 heteroatoms. The summed E-state index contributed by atoms with van der Waals surface area (Å²) in [6, 6.07) is 12.8. The Labute approximate surface area is 208 Å². The van der Waals surface area contributed by atoms with E-state index in [-0.39, 0.29) is 29.6 Å². The zero-order valence-electron chi connectivity index (χ0n) is 20.3. The summed E-state index contributed by atoms with van der Waals surface area (Å²) in [6.07, 6.45) is -3.19. The zero-order valence-corrected chi connectivity index (χ0v) is 20.3. The Morgan fingerprint density at radius 3 is 2.42 bits per heavy atom. The van der Waals surface area contributed by atoms with Crippen molar-refractivity contribution in [2.24, 2.45) is 17.8 Å². The Bertz CT molecular complexity index is 1180. The van der Waals surface area contributed by atoms with Crippen molar-refractivity contribution < 1.29 is 22.8 Å². The Hall–Kier alpha value is -3.54. The predicted molar refractivity (Wildman–Crippen MR) is 129 cm³/mol. The van der Waals surface area contributed by atoms with Crippen LogP contribution in [0.15, 0.2) is 42.5 Å². The highest BCUT2D eigenvalue weighted by Gasteiger charge is 2.43. The van der Waals surface area contributed by atoms with E-state index in [4.69, 9.17) is 5.26 Å². The monoisotopic (exact) mass is 498 g/mol. The standard InChI is InChI=1S/C27H29F3N4O2/c1-17-4-3-5-19(12-17)26(36)33-10-8-18(9-11-33)22-15-34(16-23(22)25(35)32-2)21-7-6-20(14-31)24(13-21)27(28,29)30/h3-7,12-13,18,22-23H,8-11,15-16H2,1-2H3,(H,32,35). The maximum atomic E-state index is 13.5. The molecule has 2 saturated heterocycles. The fraction of sp³-hybridized carbons (Fsp3) is 0.444. The number of nitrogens with zero attached hydrogens (tertiary/aromatic N) is 3. The number of alkyl halides is 3. The van der Waals surface area contributed by atoms with Crippen LogP contribution in [0, 0.1) is 36.0 Å². The zero-order chi connectivity index (χ0) is 26.0. The van der Waals surface area contributed by atoms with Crippen LogP contribution in [0.5, 0.6) is 0 Å². The van der Waals surface area contributed by atoms with Crippen molar-refractivity contribution >= 4 is 17.5 Å². The Balaban J connectivity index is 1.50. The third-order valence-corrected chi connectivity index (χ3v) is 7.44. The van der Waals surface area contributed by atoms with Crippen LogP contribution in [0.4, 0.5) is 18.9 Å². The van der Waals surface area contributed by atoms with Gasteiger partial charge in [-0.05, 0) is 61.9 Å². The van der Waals surface area contributed by atoms with Crippen molar-refractivity contribution in [2.75, 3.05) is 38.1 Å². The number of aryl methyl sites for hydroxylation is 1. The molecule has 36 heavy (non-hydrogen) atoms. The van der Waals surface area contributed by atoms with Crippen LogP contribution in [-0.4, -0.2) is 49.9 Å². The van der Waals surface area contributed by atoms with Crippen LogP contribution in [0.3, 0.4) is 0 Å². The van der Waals surface area contributed by atoms with E-state index in [1.165, 1.54) is 12.1 Å². The Kier molecular flexibility index (Phi) is 7.25. The number of nitrogens with one attached hydrogen (secondary N) is 1. The van der Waals surface area contributed by atoms with Crippen molar-refractivity contribution in [1.82, 2.24) is 10.2 Å². The lowest BCUT2D eigenvalue weighted by Crippen LogP contribution is -2.43. The molecule has 2 aromatic rings. The van der Waals surface area contributed by atoms with Gasteiger partial charge in [0.25, 0.3) is 5.91 Å². The van der Waals surface area contributed by atoms with Crippen LogP contribution in [0.25, 0.3) is 0 Å². The van der Waals surface area contributed by atoms with Crippen molar-refractivity contribution in [3.05, 3.63) is 64.7 Å². The van der Waals surface area contributed by atoms with E-state index in [2.05, 4.69) is 5.32 Å². The van der Waals surface area contributed by atoms with Gasteiger partial charge in [-0.2, -0.15) is 18.4 Å². The SMILES string of the molecule is CNC(=O)C1CN(c2ccc(C#N)c(C(F)(F)F)c2)CC1C1CCN(C(=O)c2cccc(C)c2)CC1. The van der Waals surface area contributed by atoms with E-state index in [0.717, 1.165) is 24.5 Å². The summed E-state index contributed by atoms with van der Waals surface area (Å²) < 4.78 is 40.5. The van der Waals surface area contributed by atoms with Gasteiger partial charge in [0.2, 0.25) is 5.91 Å². The van der Waals surface area contributed by atoms with Crippen LogP contribution < -0.4 is 10.2 Å². The van der Waals surface area contributed by atoms with Crippen LogP contribution in [-0.2, 0) is 11.0 Å². The molecule has 0 saturated carbocycles. The minimum absolute atomic E-state index is 0.00897. The van der Waals surface area contributed by atoms with Gasteiger partial charge >= 0.3 is 6.18 Å². The van der Waals surface area contributed by atoms with E-state index in [1.807, 2.05) is 41.0 Å². The molecule has 190 valence electrons. The number of halogens is 3. The number of benzene rings is 2. The van der Waals surface area contributed by atoms with Gasteiger partial charge in [0.05, 0.1) is 23.1 Å². The second-order valence-electron chi connectivity index (χ2n) is 9.63. The van der Waals surface area contributed by atoms with Gasteiger partial charge in [-0.25, -0.2) is 0 Å². The van der Waals surface area contributed by atoms with E-state index in [9.17, 15) is 22.8 Å². The molecule has 2 fully saturated rings. The molecule has 1 N–H and O–H groups in total. The van der Waals surface area contributed by atoms with Crippen molar-refractivity contribution in [2.45, 2.75) is 25.9 Å². The van der Waals surface area contributed by atoms with Crippen LogP contribution in [0.2, 0.25) is 0 Å². The molecule has 4 rings (SSSR count). The molecule has 2 amide bonds. The number of carbonyl (C=O) groups excluding carboxylic acids is 2. The molecule has 0 aromatic heterocycles. The Morgan fingerprint density at radius 1 is 1.08 bits per heavy atom. The van der Waals surface area contributed by atoms with Gasteiger partial charge in [-0.1, -0.05) is 17.7 Å². The minimum atomic E-state index is -4.64. The quantitative estimate of drug-likeness (QED) is 0.685. The first-order valence-electron chi connectivity index (χ1n) is 12.1. The van der Waals surface area contributed by atoms with Crippen molar-refractivity contribution in [3.8, 4) is 6.07 Å². The second-order valence-corrected chi connectivity index (χ2v) is 9.63. The lowest BCUT2D eigenvalue weighted by Gasteiger charge is -2.36. The van der Waals surface area contributed by atoms with Gasteiger partial charge in [0, 0.05) is 44.5 Å². The minimum Gasteiger partial charge on any atom is -0.370 e. The van der Waals surface area contributed by atoms with Gasteiger partial charge in [-0.3, -0.25) is 9.59 Å². The van der Waals surface area contributed by atoms with Crippen molar-refractivity contribution in [1.29, 1.82) is 5.26 Å². The average Bonchev–Trinajstić information content (AvgIpc) is 3.32. The molecule has 6 nitrogen and oxygen atoms in total. The molecule has 0 bridgehead atoms. The molecule has 2 aliphatic rings. The summed E-state index contributed by atoms with van der Waals surface area (Å²) in [5.74, 6) is -0.398. The molecule has 2 aliphatic heterocycles. The maximum absolute atomic E-state index is 13.5. The fourth-order valence-electron chi connectivity index (χ4n) is 5.53. The predicted octanol–water partition coefficient (Wildman–Crippen LogP) is 4.24. The number of likely N-dealkylation sites (tertiary alicyclic amines) is 1. The summed E-state index contributed by atoms with van der Waals surface area (Å²) in [6.45, 7) is 3.83. The summed E-state index contributed by atoms with van der Waals surface area (Å²) in [5.41, 5.74) is 0.641. The molecule has 0 radical (unpaired) electrons. The van der Waals surface area contributed by atoms with Gasteiger partial charge in [-0.15, -0.1) is 0 Å². The lowest BCUT2D eigenvalue weighted by atomic mass is 9.78. The molecule has 0 spiro atoms. The topological polar surface area (TPSA) is 76.4 Å². The van der Waals surface area contributed by atoms with E-state index < -0.39 is 17.3 Å². The highest BCUT2D eigenvalue weighted by atomic mass is 19.4. The number of nitriles is 1. The first kappa shape index (κ1) is 25.5. The molecule has 2 heterocycles. The number of hydrogen-bond acceptors (Lipinski definition) is 4. The highest BCUT2D eigenvalue weighted by Crippen LogP contribution is 2.40. The highest BCUT2D eigenvalue weighted by molar-refractivity contribution is 5.94. The largest absolute Gasteiger partial charge is 0.417 e. The van der Waals surface area contributed by atoms with E-state index in [1.54, 1.807) is 13.1 Å². The van der Waals surface area contributed by atoms with Crippen molar-refractivity contribution in [3.63, 3.8) is 0 Å². The molecule has 2 aromatic carbocycles. The summed E-state index contributed by atoms with van der Waals surface area (Å²) in [7, 11) is 1.56. The number of anilines is 1. The lowest BCUT2D eigenvalue weighted by molar-refractivity contribution is -0.137. The third-order valence-electron chi connectivity index (χ3n) is 7.44. The fourth-order valence-corrected chi connectivity index (χ4v) is 5.53. The molecular formula is C27H29F3N4O2. The normalized spacial score (nSPS) is 20.8. The van der Waals surface area contributed by atoms with E-state index in [0.29, 0.717) is 37.4 Å². The van der Waals surface area contributed by atoms with Gasteiger partial charge < -0.3 is 15.1 Å². The number of hydrogen-bond donors (Lipinski definition) is 1. The smallest absolute Gasteiger partial charge is 0.370 e. The molecule has 2 atom stereocenters. The number of rotatable bonds is 4. The second kappa shape index (κ2) is 10.2. The van der Waals surface area contributed by atoms with Gasteiger partial charge in [0.15, 0.2) is 0 Å². The number of amides is 2. The first-order valence-corrected chi connectivity index (χ1v) is 12.1. The van der Waals surface area contributed by atoms with Crippen LogP contribution >= 0.6 is 0 Å². The Morgan fingerprint density at radius 2 is 1.81 bits per heavy atom. The summed E-state index contributed by atoms with van der Waals surface area (Å²) >= 11 is 0. The number of piperidine rings is 1.